The van der Waals surface area contributed by atoms with E-state index < -0.39 is 77.8 Å². The normalized spacial score (nSPS) is 37.1. The first-order valence-electron chi connectivity index (χ1n) is 24.1. The number of ether oxygens (including phenoxy) is 6. The number of piperidine rings is 1. The van der Waals surface area contributed by atoms with E-state index in [9.17, 15) is 29.4 Å². The fraction of sp³-hybridized carbons (Fsp3) is 0.692. The number of phenols is 1. The van der Waals surface area contributed by atoms with Crippen molar-refractivity contribution in [3.8, 4) is 5.75 Å². The Morgan fingerprint density at radius 1 is 0.894 bits per heavy atom. The maximum atomic E-state index is 16.3. The van der Waals surface area contributed by atoms with Gasteiger partial charge in [0.25, 0.3) is 11.7 Å². The van der Waals surface area contributed by atoms with Crippen molar-refractivity contribution in [3.63, 3.8) is 0 Å². The van der Waals surface area contributed by atoms with Gasteiger partial charge in [0.2, 0.25) is 5.79 Å². The third-order valence-corrected chi connectivity index (χ3v) is 14.6. The zero-order chi connectivity index (χ0) is 48.3. The lowest BCUT2D eigenvalue weighted by molar-refractivity contribution is -0.302. The van der Waals surface area contributed by atoms with Crippen molar-refractivity contribution < 1.29 is 62.2 Å². The first-order valence-corrected chi connectivity index (χ1v) is 24.1. The number of aromatic hydroxyl groups is 1. The summed E-state index contributed by atoms with van der Waals surface area (Å²) in [4.78, 5) is 58.2. The molecular formula is C52H76FNO12. The molecule has 14 unspecified atom stereocenters. The lowest BCUT2D eigenvalue weighted by atomic mass is 9.81. The number of hydrogen-bond donors (Lipinski definition) is 2. The highest BCUT2D eigenvalue weighted by Gasteiger charge is 2.56. The number of carbonyl (C=O) groups is 4. The Balaban J connectivity index is 1.43. The smallest absolute Gasteiger partial charge is 0.329 e. The van der Waals surface area contributed by atoms with Crippen LogP contribution in [0.15, 0.2) is 53.6 Å². The number of fused-ring (bicyclic) bond motifs is 3. The molecule has 14 atom stereocenters. The minimum Gasteiger partial charge on any atom is -0.508 e. The number of benzene rings is 1. The molecule has 3 aliphatic heterocycles. The minimum absolute atomic E-state index is 0.0374. The molecule has 1 aromatic rings. The second kappa shape index (κ2) is 24.5. The SMILES string of the molecule is CCC1/C=C(\C)C(F)C(C)CC(OC)C2OC(O)(C(=O)C(=O)N3CCCCC3C(=O)OC(C(C)=CC3CCC(OCC=Cc4ccc(O)cc4)C(OC)C3)C(C)CCC1=O)C(C)CC2OC. The Kier molecular flexibility index (Phi) is 19.7. The Labute approximate surface area is 391 Å². The molecule has 3 heterocycles. The number of aliphatic hydroxyl groups is 1. The van der Waals surface area contributed by atoms with Crippen molar-refractivity contribution in [1.82, 2.24) is 4.90 Å². The summed E-state index contributed by atoms with van der Waals surface area (Å²) in [5.41, 5.74) is 2.16. The van der Waals surface area contributed by atoms with Crippen LogP contribution in [-0.4, -0.2) is 128 Å². The Morgan fingerprint density at radius 3 is 2.24 bits per heavy atom. The molecule has 2 saturated heterocycles. The van der Waals surface area contributed by atoms with Crippen molar-refractivity contribution in [1.29, 1.82) is 0 Å². The molecule has 1 aliphatic carbocycles. The van der Waals surface area contributed by atoms with Crippen molar-refractivity contribution in [2.24, 2.45) is 29.6 Å². The van der Waals surface area contributed by atoms with Gasteiger partial charge in [-0.15, -0.1) is 0 Å². The second-order valence-corrected chi connectivity index (χ2v) is 19.3. The summed E-state index contributed by atoms with van der Waals surface area (Å²) in [6, 6.07) is 5.82. The molecule has 368 valence electrons. The second-order valence-electron chi connectivity index (χ2n) is 19.3. The molecule has 1 aromatic carbocycles. The van der Waals surface area contributed by atoms with Crippen LogP contribution in [0, 0.1) is 29.6 Å². The van der Waals surface area contributed by atoms with Crippen LogP contribution < -0.4 is 0 Å². The van der Waals surface area contributed by atoms with Crippen LogP contribution in [0.1, 0.15) is 118 Å². The van der Waals surface area contributed by atoms with Crippen molar-refractivity contribution >= 4 is 29.5 Å². The van der Waals surface area contributed by atoms with Crippen LogP contribution in [0.4, 0.5) is 4.39 Å². The van der Waals surface area contributed by atoms with Gasteiger partial charge in [-0.2, -0.15) is 0 Å². The molecule has 2 bridgehead atoms. The molecule has 2 N–H and O–H groups in total. The molecule has 0 radical (unpaired) electrons. The molecule has 1 saturated carbocycles. The Morgan fingerprint density at radius 2 is 1.58 bits per heavy atom. The molecule has 14 heteroatoms. The number of amides is 1. The van der Waals surface area contributed by atoms with Gasteiger partial charge in [-0.3, -0.25) is 14.4 Å². The number of Topliss-reactive ketones (excluding diaryl/α,β-unsaturated/α-hetero) is 2. The number of allylic oxidation sites excluding steroid dienone is 3. The lowest BCUT2D eigenvalue weighted by Crippen LogP contribution is -2.64. The van der Waals surface area contributed by atoms with Gasteiger partial charge < -0.3 is 43.5 Å². The summed E-state index contributed by atoms with van der Waals surface area (Å²) in [5.74, 6) is -7.61. The molecule has 0 aromatic heterocycles. The number of methoxy groups -OCH3 is 3. The molecule has 66 heavy (non-hydrogen) atoms. The van der Waals surface area contributed by atoms with Gasteiger partial charge in [0, 0.05) is 46.1 Å². The monoisotopic (exact) mass is 926 g/mol. The first-order chi connectivity index (χ1) is 31.4. The van der Waals surface area contributed by atoms with Gasteiger partial charge >= 0.3 is 5.97 Å². The Hall–Kier alpha value is -3.79. The number of ketones is 2. The molecule has 3 fully saturated rings. The zero-order valence-corrected chi connectivity index (χ0v) is 40.6. The number of alkyl halides is 1. The molecule has 13 nitrogen and oxygen atoms in total. The zero-order valence-electron chi connectivity index (χ0n) is 40.6. The lowest BCUT2D eigenvalue weighted by Gasteiger charge is -2.47. The fourth-order valence-electron chi connectivity index (χ4n) is 10.4. The van der Waals surface area contributed by atoms with E-state index in [0.717, 1.165) is 24.0 Å². The van der Waals surface area contributed by atoms with Crippen molar-refractivity contribution in [2.45, 2.75) is 167 Å². The predicted molar refractivity (Wildman–Crippen MR) is 248 cm³/mol. The van der Waals surface area contributed by atoms with E-state index in [2.05, 4.69) is 6.08 Å². The highest BCUT2D eigenvalue weighted by molar-refractivity contribution is 6.39. The summed E-state index contributed by atoms with van der Waals surface area (Å²) >= 11 is 0. The maximum Gasteiger partial charge on any atom is 0.329 e. The number of phenolic OH excluding ortho intramolecular Hbond substituents is 1. The fourth-order valence-corrected chi connectivity index (χ4v) is 10.4. The van der Waals surface area contributed by atoms with E-state index >= 15 is 4.39 Å². The van der Waals surface area contributed by atoms with E-state index in [1.54, 1.807) is 46.1 Å². The molecule has 4 aliphatic rings. The maximum absolute atomic E-state index is 16.3. The summed E-state index contributed by atoms with van der Waals surface area (Å²) in [7, 11) is 4.59. The van der Waals surface area contributed by atoms with Crippen LogP contribution in [0.5, 0.6) is 5.75 Å². The number of hydrogen-bond acceptors (Lipinski definition) is 12. The number of cyclic esters (lactones) is 1. The number of esters is 1. The van der Waals surface area contributed by atoms with E-state index in [0.29, 0.717) is 44.3 Å². The summed E-state index contributed by atoms with van der Waals surface area (Å²) in [5, 5.41) is 21.7. The van der Waals surface area contributed by atoms with Crippen LogP contribution in [-0.2, 0) is 47.6 Å². The highest BCUT2D eigenvalue weighted by atomic mass is 19.1. The number of nitrogens with zero attached hydrogens (tertiary/aromatic N) is 1. The van der Waals surface area contributed by atoms with E-state index in [4.69, 9.17) is 28.4 Å². The van der Waals surface area contributed by atoms with Crippen LogP contribution in [0.25, 0.3) is 6.08 Å². The van der Waals surface area contributed by atoms with E-state index in [-0.39, 0.29) is 67.8 Å². The van der Waals surface area contributed by atoms with Crippen molar-refractivity contribution in [2.75, 3.05) is 34.5 Å². The van der Waals surface area contributed by atoms with Gasteiger partial charge in [0.1, 0.15) is 36.0 Å². The average Bonchev–Trinajstić information content (AvgIpc) is 3.32. The molecule has 0 spiro atoms. The van der Waals surface area contributed by atoms with Gasteiger partial charge in [0.05, 0.1) is 31.0 Å². The topological polar surface area (TPSA) is 167 Å². The van der Waals surface area contributed by atoms with Gasteiger partial charge in [-0.1, -0.05) is 64.1 Å². The predicted octanol–water partition coefficient (Wildman–Crippen LogP) is 7.89. The van der Waals surface area contributed by atoms with Gasteiger partial charge in [0.15, 0.2) is 0 Å². The largest absolute Gasteiger partial charge is 0.508 e. The highest BCUT2D eigenvalue weighted by Crippen LogP contribution is 2.40. The third-order valence-electron chi connectivity index (χ3n) is 14.6. The molecular weight excluding hydrogens is 850 g/mol. The van der Waals surface area contributed by atoms with Crippen molar-refractivity contribution in [3.05, 3.63) is 59.2 Å². The van der Waals surface area contributed by atoms with Crippen LogP contribution >= 0.6 is 0 Å². The quantitative estimate of drug-likeness (QED) is 0.133. The first kappa shape index (κ1) is 53.2. The number of carbonyl (C=O) groups excluding carboxylic acids is 4. The summed E-state index contributed by atoms with van der Waals surface area (Å²) < 4.78 is 52.7. The third kappa shape index (κ3) is 13.0. The minimum atomic E-state index is -2.58. The van der Waals surface area contributed by atoms with Crippen LogP contribution in [0.3, 0.4) is 0 Å². The van der Waals surface area contributed by atoms with E-state index in [1.807, 2.05) is 45.1 Å². The standard InChI is InChI=1S/C52H76FNO12/c1-10-38-27-32(3)46(53)33(4)28-44(62-8)48-45(63-9)29-35(6)52(60,66-48)49(57)50(58)54-24-12-11-15-40(54)51(59)65-47(31(2)16-22-41(38)56)34(5)26-37-19-23-42(43(30-37)61-7)64-25-13-14-36-17-20-39(55)21-18-36/h13-14,17-18,20-21,26-27,31,33,35,37-38,40,42-48,55,60H,10-12,15-16,19,22-25,28-30H2,1-9H3/b14-13?,32-27+,34-26?. The molecule has 5 rings (SSSR count). The van der Waals surface area contributed by atoms with Gasteiger partial charge in [-0.05, 0) is 125 Å². The van der Waals surface area contributed by atoms with Gasteiger partial charge in [-0.25, -0.2) is 9.18 Å². The van der Waals surface area contributed by atoms with Crippen LogP contribution in [0.2, 0.25) is 0 Å². The Bertz CT molecular complexity index is 1880. The van der Waals surface area contributed by atoms with E-state index in [1.165, 1.54) is 19.1 Å². The summed E-state index contributed by atoms with van der Waals surface area (Å²) in [6.45, 7) is 11.3. The number of halogens is 1. The number of rotatable bonds is 10. The average molecular weight is 926 g/mol. The molecule has 1 amide bonds. The summed E-state index contributed by atoms with van der Waals surface area (Å²) in [6.07, 6.45) is 7.54.